The van der Waals surface area contributed by atoms with Gasteiger partial charge in [-0.3, -0.25) is 0 Å². The number of rotatable bonds is 0. The van der Waals surface area contributed by atoms with Crippen molar-refractivity contribution in [3.63, 3.8) is 0 Å². The van der Waals surface area contributed by atoms with E-state index in [9.17, 15) is 0 Å². The van der Waals surface area contributed by atoms with Crippen LogP contribution >= 0.6 is 27.7 Å². The summed E-state index contributed by atoms with van der Waals surface area (Å²) in [7, 11) is 0. The van der Waals surface area contributed by atoms with E-state index in [2.05, 4.69) is 63.1 Å². The van der Waals surface area contributed by atoms with E-state index in [1.165, 1.54) is 15.5 Å². The highest BCUT2D eigenvalue weighted by Crippen LogP contribution is 2.40. The van der Waals surface area contributed by atoms with Crippen LogP contribution in [0, 0.1) is 0 Å². The maximum atomic E-state index is 3.76. The van der Waals surface area contributed by atoms with Gasteiger partial charge in [-0.2, -0.15) is 0 Å². The summed E-state index contributed by atoms with van der Waals surface area (Å²) in [4.78, 5) is 1.77. The molecule has 0 aliphatic carbocycles. The van der Waals surface area contributed by atoms with Crippen LogP contribution < -0.4 is 0 Å². The van der Waals surface area contributed by atoms with Crippen LogP contribution in [0.3, 0.4) is 0 Å². The summed E-state index contributed by atoms with van der Waals surface area (Å²) in [5.74, 6) is 0. The summed E-state index contributed by atoms with van der Waals surface area (Å²) in [5, 5.41) is 1.32. The van der Waals surface area contributed by atoms with E-state index in [1.807, 2.05) is 11.8 Å². The predicted octanol–water partition coefficient (Wildman–Crippen LogP) is 4.09. The molecule has 0 N–H and O–H groups in total. The molecule has 0 fully saturated rings. The van der Waals surface area contributed by atoms with Gasteiger partial charge in [-0.05, 0) is 23.8 Å². The van der Waals surface area contributed by atoms with Gasteiger partial charge >= 0.3 is 0 Å². The highest BCUT2D eigenvalue weighted by molar-refractivity contribution is 9.09. The average Bonchev–Trinajstić information content (AvgIpc) is 2.61. The Bertz CT molecular complexity index is 492. The highest BCUT2D eigenvalue weighted by atomic mass is 79.9. The second-order valence-corrected chi connectivity index (χ2v) is 5.77. The van der Waals surface area contributed by atoms with E-state index in [-0.39, 0.29) is 0 Å². The van der Waals surface area contributed by atoms with Crippen LogP contribution in [-0.4, -0.2) is 4.57 Å². The Labute approximate surface area is 102 Å². The Kier molecular flexibility index (Phi) is 2.37. The molecule has 1 unspecified atom stereocenters. The lowest BCUT2D eigenvalue weighted by Gasteiger charge is -2.10. The van der Waals surface area contributed by atoms with Crippen molar-refractivity contribution in [1.29, 1.82) is 0 Å². The lowest BCUT2D eigenvalue weighted by Crippen LogP contribution is -2.01. The van der Waals surface area contributed by atoms with Crippen LogP contribution in [-0.2, 0) is 6.54 Å². The quantitative estimate of drug-likeness (QED) is 0.658. The highest BCUT2D eigenvalue weighted by Gasteiger charge is 2.19. The lowest BCUT2D eigenvalue weighted by molar-refractivity contribution is 0.649. The zero-order chi connectivity index (χ0) is 10.3. The predicted molar refractivity (Wildman–Crippen MR) is 66.7 cm³/mol. The number of nitrogens with zero attached hydrogens (tertiary/aromatic N) is 1. The minimum absolute atomic E-state index is 0.412. The van der Waals surface area contributed by atoms with Crippen molar-refractivity contribution in [3.05, 3.63) is 48.2 Å². The second kappa shape index (κ2) is 3.72. The van der Waals surface area contributed by atoms with Gasteiger partial charge in [0.15, 0.2) is 0 Å². The average molecular weight is 280 g/mol. The number of alkyl halides is 1. The Morgan fingerprint density at radius 2 is 2.07 bits per heavy atom. The van der Waals surface area contributed by atoms with E-state index in [4.69, 9.17) is 0 Å². The fourth-order valence-electron chi connectivity index (χ4n) is 1.86. The lowest BCUT2D eigenvalue weighted by atomic mass is 10.1. The standard InChI is InChI=1S/C12H10BrNS/c13-10-8-14-7-3-6-12(14)15-11-5-2-1-4-9(10)11/h1-7,10H,8H2. The zero-order valence-electron chi connectivity index (χ0n) is 8.06. The first-order valence-electron chi connectivity index (χ1n) is 4.90. The van der Waals surface area contributed by atoms with Crippen LogP contribution in [0.2, 0.25) is 0 Å². The summed E-state index contributed by atoms with van der Waals surface area (Å²) in [6, 6.07) is 12.9. The Morgan fingerprint density at radius 3 is 3.00 bits per heavy atom. The first kappa shape index (κ1) is 9.55. The molecule has 1 aromatic heterocycles. The van der Waals surface area contributed by atoms with Crippen molar-refractivity contribution < 1.29 is 0 Å². The molecule has 15 heavy (non-hydrogen) atoms. The summed E-state index contributed by atoms with van der Waals surface area (Å²) in [5.41, 5.74) is 1.39. The van der Waals surface area contributed by atoms with Gasteiger partial charge in [0.2, 0.25) is 0 Å². The molecule has 0 spiro atoms. The third-order valence-electron chi connectivity index (χ3n) is 2.62. The summed E-state index contributed by atoms with van der Waals surface area (Å²) in [6.07, 6.45) is 2.14. The van der Waals surface area contributed by atoms with E-state index in [0.717, 1.165) is 6.54 Å². The molecule has 2 aromatic rings. The van der Waals surface area contributed by atoms with E-state index >= 15 is 0 Å². The number of fused-ring (bicyclic) bond motifs is 2. The van der Waals surface area contributed by atoms with E-state index in [0.29, 0.717) is 4.83 Å². The number of halogens is 1. The molecule has 1 nitrogen and oxygen atoms in total. The number of aromatic nitrogens is 1. The Balaban J connectivity index is 2.14. The molecule has 1 aliphatic rings. The summed E-state index contributed by atoms with van der Waals surface area (Å²) in [6.45, 7) is 1.01. The molecule has 0 saturated carbocycles. The SMILES string of the molecule is BrC1Cn2cccc2Sc2ccccc21. The smallest absolute Gasteiger partial charge is 0.0796 e. The Hall–Kier alpha value is -0.670. The van der Waals surface area contributed by atoms with Crippen LogP contribution in [0.5, 0.6) is 0 Å². The van der Waals surface area contributed by atoms with Gasteiger partial charge in [0.1, 0.15) is 0 Å². The van der Waals surface area contributed by atoms with Crippen LogP contribution in [0.1, 0.15) is 10.4 Å². The molecular formula is C12H10BrNS. The molecule has 0 bridgehead atoms. The molecule has 3 heteroatoms. The molecule has 1 aliphatic heterocycles. The maximum Gasteiger partial charge on any atom is 0.0796 e. The van der Waals surface area contributed by atoms with Gasteiger partial charge in [-0.25, -0.2) is 0 Å². The minimum atomic E-state index is 0.412. The number of hydrogen-bond acceptors (Lipinski definition) is 1. The van der Waals surface area contributed by atoms with Crippen LogP contribution in [0.15, 0.2) is 52.5 Å². The largest absolute Gasteiger partial charge is 0.341 e. The zero-order valence-corrected chi connectivity index (χ0v) is 10.5. The van der Waals surface area contributed by atoms with Gasteiger partial charge in [0.25, 0.3) is 0 Å². The first-order chi connectivity index (χ1) is 7.34. The first-order valence-corrected chi connectivity index (χ1v) is 6.64. The molecule has 0 saturated heterocycles. The topological polar surface area (TPSA) is 4.93 Å². The molecule has 1 aromatic carbocycles. The fraction of sp³-hybridized carbons (Fsp3) is 0.167. The fourth-order valence-corrected chi connectivity index (χ4v) is 3.82. The third-order valence-corrected chi connectivity index (χ3v) is 4.57. The normalized spacial score (nSPS) is 19.1. The molecule has 1 atom stereocenters. The molecule has 0 amide bonds. The van der Waals surface area contributed by atoms with Gasteiger partial charge in [-0.1, -0.05) is 45.9 Å². The van der Waals surface area contributed by atoms with E-state index < -0.39 is 0 Å². The van der Waals surface area contributed by atoms with Crippen molar-refractivity contribution >= 4 is 27.7 Å². The third kappa shape index (κ3) is 1.64. The summed E-state index contributed by atoms with van der Waals surface area (Å²) < 4.78 is 2.30. The number of benzene rings is 1. The van der Waals surface area contributed by atoms with Gasteiger partial charge in [-0.15, -0.1) is 0 Å². The van der Waals surface area contributed by atoms with Gasteiger partial charge in [0, 0.05) is 17.6 Å². The van der Waals surface area contributed by atoms with Crippen LogP contribution in [0.25, 0.3) is 0 Å². The van der Waals surface area contributed by atoms with Crippen LogP contribution in [0.4, 0.5) is 0 Å². The summed E-state index contributed by atoms with van der Waals surface area (Å²) >= 11 is 5.60. The van der Waals surface area contributed by atoms with Crippen molar-refractivity contribution in [2.45, 2.75) is 21.3 Å². The van der Waals surface area contributed by atoms with Gasteiger partial charge in [0.05, 0.1) is 9.85 Å². The number of hydrogen-bond donors (Lipinski definition) is 0. The van der Waals surface area contributed by atoms with Crippen molar-refractivity contribution in [1.82, 2.24) is 4.57 Å². The molecule has 0 radical (unpaired) electrons. The molecule has 76 valence electrons. The molecular weight excluding hydrogens is 270 g/mol. The van der Waals surface area contributed by atoms with Crippen molar-refractivity contribution in [3.8, 4) is 0 Å². The van der Waals surface area contributed by atoms with Crippen molar-refractivity contribution in [2.75, 3.05) is 0 Å². The Morgan fingerprint density at radius 1 is 1.20 bits per heavy atom. The molecule has 2 heterocycles. The van der Waals surface area contributed by atoms with E-state index in [1.54, 1.807) is 0 Å². The minimum Gasteiger partial charge on any atom is -0.341 e. The maximum absolute atomic E-state index is 3.76. The second-order valence-electron chi connectivity index (χ2n) is 3.61. The van der Waals surface area contributed by atoms with Crippen molar-refractivity contribution in [2.24, 2.45) is 0 Å². The molecule has 3 rings (SSSR count). The van der Waals surface area contributed by atoms with Gasteiger partial charge < -0.3 is 4.57 Å². The monoisotopic (exact) mass is 279 g/mol.